The number of hydrogen-bond acceptors (Lipinski definition) is 3. The maximum atomic E-state index is 10.7. The molecule has 3 nitrogen and oxygen atoms in total. The standard InChI is InChI=1S/C16H19NO2/c18-11-15(9-10-15)13-3-5-14(6-4-13)16(17-12-19)7-1-2-8-16/h3-6,18H,1-2,7-11H2. The van der Waals surface area contributed by atoms with Gasteiger partial charge in [0.1, 0.15) is 0 Å². The van der Waals surface area contributed by atoms with Crippen molar-refractivity contribution in [3.8, 4) is 0 Å². The number of nitrogens with zero attached hydrogens (tertiary/aromatic N) is 1. The maximum absolute atomic E-state index is 10.7. The Morgan fingerprint density at radius 3 is 2.11 bits per heavy atom. The molecule has 0 heterocycles. The Morgan fingerprint density at radius 2 is 1.63 bits per heavy atom. The maximum Gasteiger partial charge on any atom is 0.235 e. The highest BCUT2D eigenvalue weighted by molar-refractivity contribution is 5.41. The quantitative estimate of drug-likeness (QED) is 0.666. The molecule has 19 heavy (non-hydrogen) atoms. The molecular weight excluding hydrogens is 238 g/mol. The summed E-state index contributed by atoms with van der Waals surface area (Å²) in [6.07, 6.45) is 8.00. The zero-order valence-corrected chi connectivity index (χ0v) is 11.1. The van der Waals surface area contributed by atoms with Crippen LogP contribution in [-0.4, -0.2) is 17.8 Å². The van der Waals surface area contributed by atoms with Gasteiger partial charge in [0.05, 0.1) is 12.1 Å². The van der Waals surface area contributed by atoms with Crippen LogP contribution in [0.1, 0.15) is 49.7 Å². The molecule has 0 aromatic heterocycles. The Hall–Kier alpha value is -1.44. The molecule has 0 saturated heterocycles. The van der Waals surface area contributed by atoms with Crippen LogP contribution in [0.25, 0.3) is 0 Å². The van der Waals surface area contributed by atoms with E-state index in [-0.39, 0.29) is 17.6 Å². The second-order valence-corrected chi connectivity index (χ2v) is 5.96. The van der Waals surface area contributed by atoms with Gasteiger partial charge in [0, 0.05) is 5.41 Å². The van der Waals surface area contributed by atoms with Gasteiger partial charge in [-0.3, -0.25) is 0 Å². The average molecular weight is 257 g/mol. The molecule has 3 rings (SSSR count). The third-order valence-corrected chi connectivity index (χ3v) is 4.88. The Kier molecular flexibility index (Phi) is 3.04. The van der Waals surface area contributed by atoms with Gasteiger partial charge in [0.15, 0.2) is 0 Å². The number of rotatable bonds is 4. The van der Waals surface area contributed by atoms with Crippen molar-refractivity contribution in [2.24, 2.45) is 4.99 Å². The first-order valence-electron chi connectivity index (χ1n) is 7.06. The van der Waals surface area contributed by atoms with Crippen LogP contribution in [0.15, 0.2) is 29.3 Å². The van der Waals surface area contributed by atoms with Crippen LogP contribution < -0.4 is 0 Å². The summed E-state index contributed by atoms with van der Waals surface area (Å²) in [5, 5.41) is 9.46. The van der Waals surface area contributed by atoms with Gasteiger partial charge in [-0.15, -0.1) is 0 Å². The third-order valence-electron chi connectivity index (χ3n) is 4.88. The van der Waals surface area contributed by atoms with Gasteiger partial charge in [-0.2, -0.15) is 4.99 Å². The second-order valence-electron chi connectivity index (χ2n) is 5.96. The fourth-order valence-electron chi connectivity index (χ4n) is 3.34. The Balaban J connectivity index is 1.91. The molecule has 0 spiro atoms. The topological polar surface area (TPSA) is 49.7 Å². The van der Waals surface area contributed by atoms with E-state index in [1.54, 1.807) is 6.08 Å². The molecule has 100 valence electrons. The number of aliphatic imine (C=N–C) groups is 1. The SMILES string of the molecule is O=C=NC1(c2ccc(C3(CO)CC3)cc2)CCCC1. The summed E-state index contributed by atoms with van der Waals surface area (Å²) in [7, 11) is 0. The van der Waals surface area contributed by atoms with Crippen LogP contribution in [0.3, 0.4) is 0 Å². The molecule has 3 heteroatoms. The second kappa shape index (κ2) is 4.59. The smallest absolute Gasteiger partial charge is 0.235 e. The normalized spacial score (nSPS) is 22.8. The van der Waals surface area contributed by atoms with Crippen molar-refractivity contribution in [1.29, 1.82) is 0 Å². The predicted octanol–water partition coefficient (Wildman–Crippen LogP) is 2.82. The largest absolute Gasteiger partial charge is 0.395 e. The van der Waals surface area contributed by atoms with Gasteiger partial charge in [-0.25, -0.2) is 4.79 Å². The highest BCUT2D eigenvalue weighted by atomic mass is 16.3. The van der Waals surface area contributed by atoms with E-state index >= 15 is 0 Å². The molecule has 0 bridgehead atoms. The molecule has 2 aliphatic rings. The summed E-state index contributed by atoms with van der Waals surface area (Å²) >= 11 is 0. The Bertz CT molecular complexity index is 504. The zero-order valence-electron chi connectivity index (χ0n) is 11.1. The molecule has 0 amide bonds. The van der Waals surface area contributed by atoms with Crippen LogP contribution in [-0.2, 0) is 15.7 Å². The molecule has 1 aromatic carbocycles. The lowest BCUT2D eigenvalue weighted by Crippen LogP contribution is -2.19. The zero-order chi connectivity index (χ0) is 13.3. The molecule has 0 aliphatic heterocycles. The summed E-state index contributed by atoms with van der Waals surface area (Å²) in [5.74, 6) is 0. The minimum absolute atomic E-state index is 0.00922. The van der Waals surface area contributed by atoms with Gasteiger partial charge in [-0.05, 0) is 36.8 Å². The highest BCUT2D eigenvalue weighted by Crippen LogP contribution is 2.48. The number of aliphatic hydroxyl groups is 1. The van der Waals surface area contributed by atoms with Gasteiger partial charge in [0.2, 0.25) is 6.08 Å². The summed E-state index contributed by atoms with van der Waals surface area (Å²) in [4.78, 5) is 14.8. The minimum atomic E-state index is -0.337. The van der Waals surface area contributed by atoms with Crippen LogP contribution >= 0.6 is 0 Å². The van der Waals surface area contributed by atoms with Crippen LogP contribution in [0.4, 0.5) is 0 Å². The Morgan fingerprint density at radius 1 is 1.05 bits per heavy atom. The first kappa shape index (κ1) is 12.6. The first-order valence-corrected chi connectivity index (χ1v) is 7.06. The van der Waals surface area contributed by atoms with E-state index in [9.17, 15) is 9.90 Å². The molecule has 2 fully saturated rings. The van der Waals surface area contributed by atoms with Crippen molar-refractivity contribution in [1.82, 2.24) is 0 Å². The van der Waals surface area contributed by atoms with E-state index in [1.807, 2.05) is 0 Å². The van der Waals surface area contributed by atoms with Crippen molar-refractivity contribution in [3.63, 3.8) is 0 Å². The number of benzene rings is 1. The number of aliphatic hydroxyl groups excluding tert-OH is 1. The van der Waals surface area contributed by atoms with Crippen molar-refractivity contribution in [3.05, 3.63) is 35.4 Å². The van der Waals surface area contributed by atoms with Crippen molar-refractivity contribution in [2.75, 3.05) is 6.61 Å². The van der Waals surface area contributed by atoms with E-state index in [0.717, 1.165) is 44.1 Å². The fraction of sp³-hybridized carbons (Fsp3) is 0.562. The molecule has 1 N–H and O–H groups in total. The van der Waals surface area contributed by atoms with E-state index in [0.29, 0.717) is 0 Å². The molecule has 0 atom stereocenters. The van der Waals surface area contributed by atoms with Crippen LogP contribution in [0, 0.1) is 0 Å². The van der Waals surface area contributed by atoms with E-state index < -0.39 is 0 Å². The van der Waals surface area contributed by atoms with Gasteiger partial charge in [0.25, 0.3) is 0 Å². The van der Waals surface area contributed by atoms with Crippen molar-refractivity contribution < 1.29 is 9.90 Å². The highest BCUT2D eigenvalue weighted by Gasteiger charge is 2.44. The lowest BCUT2D eigenvalue weighted by atomic mass is 9.86. The minimum Gasteiger partial charge on any atom is -0.395 e. The van der Waals surface area contributed by atoms with E-state index in [1.165, 1.54) is 5.56 Å². The number of hydrogen-bond donors (Lipinski definition) is 1. The summed E-state index contributed by atoms with van der Waals surface area (Å²) < 4.78 is 0. The molecule has 0 radical (unpaired) electrons. The number of carbonyl (C=O) groups excluding carboxylic acids is 1. The molecule has 1 aromatic rings. The van der Waals surface area contributed by atoms with Crippen LogP contribution in [0.5, 0.6) is 0 Å². The number of isocyanates is 1. The van der Waals surface area contributed by atoms with Crippen molar-refractivity contribution >= 4 is 6.08 Å². The third kappa shape index (κ3) is 2.03. The van der Waals surface area contributed by atoms with E-state index in [2.05, 4.69) is 29.3 Å². The van der Waals surface area contributed by atoms with Crippen LogP contribution in [0.2, 0.25) is 0 Å². The molecule has 0 unspecified atom stereocenters. The van der Waals surface area contributed by atoms with Crippen molar-refractivity contribution in [2.45, 2.75) is 49.5 Å². The summed E-state index contributed by atoms with van der Waals surface area (Å²) in [6, 6.07) is 8.35. The van der Waals surface area contributed by atoms with Gasteiger partial charge >= 0.3 is 0 Å². The fourth-order valence-corrected chi connectivity index (χ4v) is 3.34. The first-order chi connectivity index (χ1) is 9.25. The van der Waals surface area contributed by atoms with E-state index in [4.69, 9.17) is 0 Å². The summed E-state index contributed by atoms with van der Waals surface area (Å²) in [5.41, 5.74) is 2.00. The predicted molar refractivity (Wildman–Crippen MR) is 72.7 cm³/mol. The lowest BCUT2D eigenvalue weighted by molar-refractivity contribution is 0.255. The molecule has 2 aliphatic carbocycles. The monoisotopic (exact) mass is 257 g/mol. The molecule has 2 saturated carbocycles. The van der Waals surface area contributed by atoms with Gasteiger partial charge < -0.3 is 5.11 Å². The Labute approximate surface area is 113 Å². The molecular formula is C16H19NO2. The van der Waals surface area contributed by atoms with Gasteiger partial charge in [-0.1, -0.05) is 37.1 Å². The lowest BCUT2D eigenvalue weighted by Gasteiger charge is -2.23. The average Bonchev–Trinajstić information content (AvgIpc) is 3.12. The summed E-state index contributed by atoms with van der Waals surface area (Å²) in [6.45, 7) is 0.226.